The minimum Gasteiger partial charge on any atom is -0.493 e. The number of aliphatic imine (C=N–C) groups is 1. The molecule has 0 aliphatic carbocycles. The lowest BCUT2D eigenvalue weighted by molar-refractivity contribution is 0.327. The first-order chi connectivity index (χ1) is 8.11. The maximum Gasteiger partial charge on any atom is 0.119 e. The highest BCUT2D eigenvalue weighted by Crippen LogP contribution is 2.12. The first-order valence-corrected chi connectivity index (χ1v) is 5.84. The minimum atomic E-state index is 0.236. The third-order valence-electron chi connectivity index (χ3n) is 2.18. The summed E-state index contributed by atoms with van der Waals surface area (Å²) in [7, 11) is 0. The zero-order valence-electron chi connectivity index (χ0n) is 10.7. The Hall–Kier alpha value is -1.55. The van der Waals surface area contributed by atoms with E-state index in [1.807, 2.05) is 45.0 Å². The molecule has 0 heterocycles. The largest absolute Gasteiger partial charge is 0.493 e. The highest BCUT2D eigenvalue weighted by Gasteiger charge is 2.00. The van der Waals surface area contributed by atoms with Crippen molar-refractivity contribution < 1.29 is 4.74 Å². The number of nitrogens with one attached hydrogen (secondary N) is 1. The second-order valence-electron chi connectivity index (χ2n) is 4.23. The Kier molecular flexibility index (Phi) is 5.49. The topological polar surface area (TPSA) is 59.6 Å². The normalized spacial score (nSPS) is 11.7. The predicted octanol–water partition coefficient (Wildman–Crippen LogP) is 2.03. The molecule has 0 aliphatic rings. The fraction of sp³-hybridized carbons (Fsp3) is 0.462. The second-order valence-corrected chi connectivity index (χ2v) is 4.23. The van der Waals surface area contributed by atoms with Crippen molar-refractivity contribution in [1.29, 1.82) is 0 Å². The van der Waals surface area contributed by atoms with Gasteiger partial charge in [0.1, 0.15) is 11.6 Å². The molecule has 3 N–H and O–H groups in total. The predicted molar refractivity (Wildman–Crippen MR) is 71.2 cm³/mol. The van der Waals surface area contributed by atoms with Gasteiger partial charge < -0.3 is 10.2 Å². The van der Waals surface area contributed by atoms with E-state index in [0.717, 1.165) is 11.6 Å². The van der Waals surface area contributed by atoms with Crippen molar-refractivity contribution in [2.24, 2.45) is 10.8 Å². The van der Waals surface area contributed by atoms with Gasteiger partial charge in [0.15, 0.2) is 0 Å². The van der Waals surface area contributed by atoms with Gasteiger partial charge in [-0.25, -0.2) is 5.84 Å². The fourth-order valence-electron chi connectivity index (χ4n) is 1.46. The lowest BCUT2D eigenvalue weighted by atomic mass is 10.2. The Morgan fingerprint density at radius 1 is 1.47 bits per heavy atom. The van der Waals surface area contributed by atoms with E-state index in [1.165, 1.54) is 5.56 Å². The number of hydrogen-bond donors (Lipinski definition) is 2. The van der Waals surface area contributed by atoms with E-state index < -0.39 is 0 Å². The molecule has 0 bridgehead atoms. The highest BCUT2D eigenvalue weighted by molar-refractivity contribution is 5.81. The lowest BCUT2D eigenvalue weighted by Crippen LogP contribution is -2.32. The van der Waals surface area contributed by atoms with Gasteiger partial charge in [-0.1, -0.05) is 12.1 Å². The average Bonchev–Trinajstić information content (AvgIpc) is 2.27. The molecule has 4 nitrogen and oxygen atoms in total. The molecule has 0 saturated carbocycles. The Morgan fingerprint density at radius 3 is 2.82 bits per heavy atom. The van der Waals surface area contributed by atoms with Crippen LogP contribution in [0.2, 0.25) is 0 Å². The maximum absolute atomic E-state index is 5.62. The van der Waals surface area contributed by atoms with Crippen LogP contribution in [0.25, 0.3) is 0 Å². The summed E-state index contributed by atoms with van der Waals surface area (Å²) in [6, 6.07) is 8.21. The zero-order chi connectivity index (χ0) is 12.7. The number of rotatable bonds is 5. The van der Waals surface area contributed by atoms with Gasteiger partial charge in [0.25, 0.3) is 0 Å². The number of benzene rings is 1. The third kappa shape index (κ3) is 5.36. The summed E-state index contributed by atoms with van der Waals surface area (Å²) in [4.78, 5) is 4.34. The summed E-state index contributed by atoms with van der Waals surface area (Å²) in [6.45, 7) is 6.64. The van der Waals surface area contributed by atoms with E-state index in [4.69, 9.17) is 10.6 Å². The molecule has 0 amide bonds. The molecule has 1 aromatic carbocycles. The van der Waals surface area contributed by atoms with Gasteiger partial charge in [-0.15, -0.1) is 0 Å². The van der Waals surface area contributed by atoms with Crippen molar-refractivity contribution in [2.45, 2.75) is 33.2 Å². The van der Waals surface area contributed by atoms with Crippen LogP contribution in [0.15, 0.2) is 29.3 Å². The Balaban J connectivity index is 2.41. The van der Waals surface area contributed by atoms with Crippen LogP contribution in [-0.2, 0) is 0 Å². The third-order valence-corrected chi connectivity index (χ3v) is 2.18. The van der Waals surface area contributed by atoms with Gasteiger partial charge in [-0.05, 0) is 38.5 Å². The summed E-state index contributed by atoms with van der Waals surface area (Å²) in [5.41, 5.74) is 3.79. The summed E-state index contributed by atoms with van der Waals surface area (Å²) >= 11 is 0. The molecule has 0 fully saturated rings. The SMILES string of the molecule is Cc1cccc(OCCC(=NC(C)C)NN)c1. The molecule has 0 atom stereocenters. The Labute approximate surface area is 103 Å². The minimum absolute atomic E-state index is 0.236. The van der Waals surface area contributed by atoms with E-state index in [9.17, 15) is 0 Å². The molecular formula is C13H21N3O. The number of aryl methyl sites for hydroxylation is 1. The molecule has 0 saturated heterocycles. The number of hydrogen-bond acceptors (Lipinski definition) is 3. The lowest BCUT2D eigenvalue weighted by Gasteiger charge is -2.09. The number of ether oxygens (including phenoxy) is 1. The molecule has 94 valence electrons. The maximum atomic E-state index is 5.62. The summed E-state index contributed by atoms with van der Waals surface area (Å²) in [5, 5.41) is 0. The van der Waals surface area contributed by atoms with Crippen LogP contribution < -0.4 is 16.0 Å². The van der Waals surface area contributed by atoms with E-state index in [1.54, 1.807) is 0 Å². The average molecular weight is 235 g/mol. The molecule has 0 spiro atoms. The molecule has 1 rings (SSSR count). The van der Waals surface area contributed by atoms with Gasteiger partial charge in [0, 0.05) is 12.5 Å². The van der Waals surface area contributed by atoms with Gasteiger partial charge in [-0.2, -0.15) is 0 Å². The fourth-order valence-corrected chi connectivity index (χ4v) is 1.46. The van der Waals surface area contributed by atoms with Crippen LogP contribution in [0.3, 0.4) is 0 Å². The number of nitrogens with zero attached hydrogens (tertiary/aromatic N) is 1. The van der Waals surface area contributed by atoms with Crippen molar-refractivity contribution in [2.75, 3.05) is 6.61 Å². The van der Waals surface area contributed by atoms with Crippen LogP contribution in [-0.4, -0.2) is 18.5 Å². The van der Waals surface area contributed by atoms with Crippen LogP contribution in [0.4, 0.5) is 0 Å². The van der Waals surface area contributed by atoms with E-state index in [0.29, 0.717) is 13.0 Å². The van der Waals surface area contributed by atoms with Gasteiger partial charge in [-0.3, -0.25) is 4.99 Å². The van der Waals surface area contributed by atoms with E-state index >= 15 is 0 Å². The van der Waals surface area contributed by atoms with E-state index in [2.05, 4.69) is 10.4 Å². The van der Waals surface area contributed by atoms with Crippen molar-refractivity contribution in [3.05, 3.63) is 29.8 Å². The van der Waals surface area contributed by atoms with Crippen molar-refractivity contribution >= 4 is 5.84 Å². The quantitative estimate of drug-likeness (QED) is 0.355. The zero-order valence-corrected chi connectivity index (χ0v) is 10.7. The molecule has 1 aromatic rings. The molecule has 17 heavy (non-hydrogen) atoms. The number of nitrogens with two attached hydrogens (primary N) is 1. The number of hydrazine groups is 1. The highest BCUT2D eigenvalue weighted by atomic mass is 16.5. The number of amidine groups is 1. The van der Waals surface area contributed by atoms with Crippen LogP contribution in [0.5, 0.6) is 5.75 Å². The first kappa shape index (κ1) is 13.5. The monoisotopic (exact) mass is 235 g/mol. The van der Waals surface area contributed by atoms with Crippen molar-refractivity contribution in [3.8, 4) is 5.75 Å². The molecular weight excluding hydrogens is 214 g/mol. The van der Waals surface area contributed by atoms with Gasteiger partial charge >= 0.3 is 0 Å². The Morgan fingerprint density at radius 2 is 2.24 bits per heavy atom. The summed E-state index contributed by atoms with van der Waals surface area (Å²) < 4.78 is 5.62. The van der Waals surface area contributed by atoms with Crippen molar-refractivity contribution in [3.63, 3.8) is 0 Å². The smallest absolute Gasteiger partial charge is 0.119 e. The molecule has 4 heteroatoms. The van der Waals surface area contributed by atoms with Crippen LogP contribution >= 0.6 is 0 Å². The molecule has 0 unspecified atom stereocenters. The Bertz CT molecular complexity index is 375. The standard InChI is InChI=1S/C13H21N3O/c1-10(2)15-13(16-14)7-8-17-12-6-4-5-11(3)9-12/h4-6,9-10H,7-8,14H2,1-3H3,(H,15,16). The summed E-state index contributed by atoms with van der Waals surface area (Å²) in [5.74, 6) is 7.04. The van der Waals surface area contributed by atoms with Crippen LogP contribution in [0.1, 0.15) is 25.8 Å². The first-order valence-electron chi connectivity index (χ1n) is 5.84. The second kappa shape index (κ2) is 6.91. The van der Waals surface area contributed by atoms with Gasteiger partial charge in [0.05, 0.1) is 6.61 Å². The molecule has 0 aliphatic heterocycles. The molecule has 0 aromatic heterocycles. The summed E-state index contributed by atoms with van der Waals surface area (Å²) in [6.07, 6.45) is 0.683. The van der Waals surface area contributed by atoms with Gasteiger partial charge in [0.2, 0.25) is 0 Å². The van der Waals surface area contributed by atoms with E-state index in [-0.39, 0.29) is 6.04 Å². The van der Waals surface area contributed by atoms with Crippen molar-refractivity contribution in [1.82, 2.24) is 5.43 Å². The molecule has 0 radical (unpaired) electrons. The van der Waals surface area contributed by atoms with Crippen LogP contribution in [0, 0.1) is 6.92 Å².